The number of aryl methyl sites for hydroxylation is 1. The lowest BCUT2D eigenvalue weighted by atomic mass is 9.88. The van der Waals surface area contributed by atoms with Crippen molar-refractivity contribution in [3.05, 3.63) is 59.4 Å². The second kappa shape index (κ2) is 5.27. The Morgan fingerprint density at radius 1 is 1.04 bits per heavy atom. The zero-order valence-corrected chi connectivity index (χ0v) is 13.2. The first-order valence-corrected chi connectivity index (χ1v) is 7.79. The number of ether oxygens (including phenoxy) is 2. The van der Waals surface area contributed by atoms with Gasteiger partial charge in [0.25, 0.3) is 0 Å². The molecule has 3 heteroatoms. The molecule has 116 valence electrons. The van der Waals surface area contributed by atoms with E-state index in [4.69, 9.17) is 9.47 Å². The highest BCUT2D eigenvalue weighted by atomic mass is 19.1. The maximum Gasteiger partial charge on any atom is 0.231 e. The molecule has 23 heavy (non-hydrogen) atoms. The molecule has 3 aromatic carbocycles. The van der Waals surface area contributed by atoms with E-state index in [2.05, 4.69) is 26.0 Å². The third kappa shape index (κ3) is 2.15. The van der Waals surface area contributed by atoms with Crippen LogP contribution in [0.15, 0.2) is 42.5 Å². The summed E-state index contributed by atoms with van der Waals surface area (Å²) in [5.74, 6) is 1.33. The summed E-state index contributed by atoms with van der Waals surface area (Å²) in [6.45, 7) is 4.50. The molecule has 0 bridgehead atoms. The number of benzene rings is 3. The van der Waals surface area contributed by atoms with Gasteiger partial charge in [-0.2, -0.15) is 0 Å². The number of halogens is 1. The highest BCUT2D eigenvalue weighted by Crippen LogP contribution is 2.46. The topological polar surface area (TPSA) is 18.5 Å². The smallest absolute Gasteiger partial charge is 0.231 e. The summed E-state index contributed by atoms with van der Waals surface area (Å²) in [6.07, 6.45) is 0.902. The lowest BCUT2D eigenvalue weighted by Crippen LogP contribution is -1.96. The van der Waals surface area contributed by atoms with Crippen molar-refractivity contribution < 1.29 is 13.9 Å². The van der Waals surface area contributed by atoms with Crippen molar-refractivity contribution in [2.45, 2.75) is 20.3 Å². The molecule has 0 aliphatic carbocycles. The summed E-state index contributed by atoms with van der Waals surface area (Å²) in [5, 5.41) is 2.16. The predicted molar refractivity (Wildman–Crippen MR) is 89.6 cm³/mol. The fourth-order valence-electron chi connectivity index (χ4n) is 3.42. The predicted octanol–water partition coefficient (Wildman–Crippen LogP) is 5.25. The zero-order chi connectivity index (χ0) is 16.0. The Morgan fingerprint density at radius 2 is 1.83 bits per heavy atom. The van der Waals surface area contributed by atoms with E-state index in [0.717, 1.165) is 39.8 Å². The van der Waals surface area contributed by atoms with Gasteiger partial charge in [-0.25, -0.2) is 4.39 Å². The van der Waals surface area contributed by atoms with E-state index in [1.165, 1.54) is 23.3 Å². The normalized spacial score (nSPS) is 12.8. The van der Waals surface area contributed by atoms with Gasteiger partial charge in [-0.1, -0.05) is 31.2 Å². The van der Waals surface area contributed by atoms with Gasteiger partial charge in [-0.15, -0.1) is 0 Å². The first kappa shape index (κ1) is 14.1. The molecule has 0 N–H and O–H groups in total. The minimum absolute atomic E-state index is 0.228. The minimum atomic E-state index is -0.228. The third-order valence-electron chi connectivity index (χ3n) is 4.46. The summed E-state index contributed by atoms with van der Waals surface area (Å²) in [5.41, 5.74) is 4.61. The molecular formula is C20H17FO2. The molecule has 2 nitrogen and oxygen atoms in total. The van der Waals surface area contributed by atoms with Crippen molar-refractivity contribution in [2.75, 3.05) is 6.79 Å². The maximum absolute atomic E-state index is 13.4. The fraction of sp³-hybridized carbons (Fsp3) is 0.200. The van der Waals surface area contributed by atoms with Crippen LogP contribution in [0.1, 0.15) is 18.1 Å². The summed E-state index contributed by atoms with van der Waals surface area (Å²) in [7, 11) is 0. The molecule has 0 amide bonds. The molecule has 0 spiro atoms. The molecule has 0 saturated carbocycles. The number of rotatable bonds is 2. The SMILES string of the molecule is CCc1c(C)cc2ccc3c(c2c1-c1ccc(F)cc1)OCO3. The van der Waals surface area contributed by atoms with E-state index < -0.39 is 0 Å². The number of hydrogen-bond acceptors (Lipinski definition) is 2. The van der Waals surface area contributed by atoms with Gasteiger partial charge < -0.3 is 9.47 Å². The van der Waals surface area contributed by atoms with Crippen molar-refractivity contribution in [3.63, 3.8) is 0 Å². The Kier molecular flexibility index (Phi) is 3.22. The summed E-state index contributed by atoms with van der Waals surface area (Å²) in [4.78, 5) is 0. The van der Waals surface area contributed by atoms with E-state index in [1.807, 2.05) is 18.2 Å². The van der Waals surface area contributed by atoms with Crippen molar-refractivity contribution in [1.29, 1.82) is 0 Å². The Hall–Kier alpha value is -2.55. The highest BCUT2D eigenvalue weighted by molar-refractivity contribution is 6.04. The Bertz CT molecular complexity index is 898. The molecule has 1 aliphatic heterocycles. The van der Waals surface area contributed by atoms with Gasteiger partial charge in [0.2, 0.25) is 6.79 Å². The second-order valence-corrected chi connectivity index (χ2v) is 5.80. The van der Waals surface area contributed by atoms with Crippen LogP contribution in [0, 0.1) is 12.7 Å². The molecule has 0 aromatic heterocycles. The van der Waals surface area contributed by atoms with Crippen molar-refractivity contribution in [2.24, 2.45) is 0 Å². The molecule has 0 radical (unpaired) electrons. The molecule has 0 unspecified atom stereocenters. The molecule has 4 rings (SSSR count). The monoisotopic (exact) mass is 308 g/mol. The van der Waals surface area contributed by atoms with Gasteiger partial charge in [0.15, 0.2) is 11.5 Å². The Labute approximate surface area is 134 Å². The van der Waals surface area contributed by atoms with Crippen LogP contribution in [0.4, 0.5) is 4.39 Å². The average molecular weight is 308 g/mol. The molecule has 0 atom stereocenters. The van der Waals surface area contributed by atoms with Crippen molar-refractivity contribution in [3.8, 4) is 22.6 Å². The van der Waals surface area contributed by atoms with Gasteiger partial charge in [0, 0.05) is 5.39 Å². The van der Waals surface area contributed by atoms with Gasteiger partial charge in [-0.05, 0) is 59.2 Å². The Morgan fingerprint density at radius 3 is 2.57 bits per heavy atom. The highest BCUT2D eigenvalue weighted by Gasteiger charge is 2.22. The molecule has 1 heterocycles. The third-order valence-corrected chi connectivity index (χ3v) is 4.46. The van der Waals surface area contributed by atoms with E-state index in [9.17, 15) is 4.39 Å². The first-order valence-electron chi connectivity index (χ1n) is 7.79. The molecular weight excluding hydrogens is 291 g/mol. The number of hydrogen-bond donors (Lipinski definition) is 0. The van der Waals surface area contributed by atoms with E-state index in [1.54, 1.807) is 0 Å². The quantitative estimate of drug-likeness (QED) is 0.644. The lowest BCUT2D eigenvalue weighted by Gasteiger charge is -2.17. The Balaban J connectivity index is 2.14. The van der Waals surface area contributed by atoms with Crippen LogP contribution in [-0.2, 0) is 6.42 Å². The van der Waals surface area contributed by atoms with Gasteiger partial charge in [-0.3, -0.25) is 0 Å². The largest absolute Gasteiger partial charge is 0.454 e. The van der Waals surface area contributed by atoms with Crippen LogP contribution in [0.5, 0.6) is 11.5 Å². The van der Waals surface area contributed by atoms with Crippen LogP contribution >= 0.6 is 0 Å². The van der Waals surface area contributed by atoms with Gasteiger partial charge in [0.1, 0.15) is 5.82 Å². The summed E-state index contributed by atoms with van der Waals surface area (Å²) in [6, 6.07) is 12.9. The number of fused-ring (bicyclic) bond motifs is 3. The average Bonchev–Trinajstić information content (AvgIpc) is 3.03. The minimum Gasteiger partial charge on any atom is -0.454 e. The standard InChI is InChI=1S/C20H17FO2/c1-3-16-12(2)10-14-6-9-17-20(23-11-22-17)19(14)18(16)13-4-7-15(21)8-5-13/h4-10H,3,11H2,1-2H3. The van der Waals surface area contributed by atoms with Gasteiger partial charge >= 0.3 is 0 Å². The first-order chi connectivity index (χ1) is 11.2. The lowest BCUT2D eigenvalue weighted by molar-refractivity contribution is 0.175. The van der Waals surface area contributed by atoms with Crippen molar-refractivity contribution >= 4 is 10.8 Å². The molecule has 1 aliphatic rings. The van der Waals surface area contributed by atoms with Crippen LogP contribution in [0.25, 0.3) is 21.9 Å². The molecule has 0 fully saturated rings. The van der Waals surface area contributed by atoms with E-state index >= 15 is 0 Å². The van der Waals surface area contributed by atoms with Crippen LogP contribution < -0.4 is 9.47 Å². The summed E-state index contributed by atoms with van der Waals surface area (Å²) >= 11 is 0. The zero-order valence-electron chi connectivity index (χ0n) is 13.2. The van der Waals surface area contributed by atoms with Crippen LogP contribution in [0.3, 0.4) is 0 Å². The molecule has 3 aromatic rings. The van der Waals surface area contributed by atoms with Gasteiger partial charge in [0.05, 0.1) is 0 Å². The second-order valence-electron chi connectivity index (χ2n) is 5.80. The fourth-order valence-corrected chi connectivity index (χ4v) is 3.42. The van der Waals surface area contributed by atoms with E-state index in [-0.39, 0.29) is 12.6 Å². The van der Waals surface area contributed by atoms with Crippen LogP contribution in [-0.4, -0.2) is 6.79 Å². The maximum atomic E-state index is 13.4. The van der Waals surface area contributed by atoms with E-state index in [0.29, 0.717) is 0 Å². The van der Waals surface area contributed by atoms with Crippen molar-refractivity contribution in [1.82, 2.24) is 0 Å². The molecule has 0 saturated heterocycles. The summed E-state index contributed by atoms with van der Waals surface area (Å²) < 4.78 is 24.6. The van der Waals surface area contributed by atoms with Crippen LogP contribution in [0.2, 0.25) is 0 Å².